The van der Waals surface area contributed by atoms with Crippen molar-refractivity contribution in [3.63, 3.8) is 0 Å². The van der Waals surface area contributed by atoms with Gasteiger partial charge in [-0.25, -0.2) is 4.39 Å². The number of benzene rings is 3. The van der Waals surface area contributed by atoms with Gasteiger partial charge in [-0.1, -0.05) is 53.5 Å². The molecule has 0 amide bonds. The van der Waals surface area contributed by atoms with E-state index < -0.39 is 6.67 Å². The van der Waals surface area contributed by atoms with Gasteiger partial charge in [-0.3, -0.25) is 9.79 Å². The Morgan fingerprint density at radius 3 is 2.09 bits per heavy atom. The van der Waals surface area contributed by atoms with Crippen LogP contribution in [-0.4, -0.2) is 30.1 Å². The fraction of sp³-hybridized carbons (Fsp3) is 0.231. The monoisotopic (exact) mass is 520 g/mol. The smallest absolute Gasteiger partial charge is 0.208 e. The number of carbonyl (C=O) groups is 1. The first-order valence-electron chi connectivity index (χ1n) is 10.6. The molecule has 1 aliphatic heterocycles. The zero-order valence-corrected chi connectivity index (χ0v) is 21.0. The summed E-state index contributed by atoms with van der Waals surface area (Å²) in [7, 11) is 2.01. The highest BCUT2D eigenvalue weighted by atomic mass is 35.5. The van der Waals surface area contributed by atoms with E-state index in [1.807, 2.05) is 74.6 Å². The van der Waals surface area contributed by atoms with E-state index in [2.05, 4.69) is 16.5 Å². The number of hydrogen-bond acceptors (Lipinski definition) is 4. The van der Waals surface area contributed by atoms with Crippen molar-refractivity contribution in [3.05, 3.63) is 99.0 Å². The first-order chi connectivity index (χ1) is 16.4. The fourth-order valence-corrected chi connectivity index (χ4v) is 4.25. The van der Waals surface area contributed by atoms with Crippen LogP contribution in [0.5, 0.6) is 5.75 Å². The van der Waals surface area contributed by atoms with Gasteiger partial charge in [-0.05, 0) is 71.6 Å². The molecule has 2 unspecified atom stereocenters. The molecule has 2 atom stereocenters. The van der Waals surface area contributed by atoms with Crippen molar-refractivity contribution < 1.29 is 13.9 Å². The van der Waals surface area contributed by atoms with Gasteiger partial charge in [0.2, 0.25) is 5.75 Å². The third kappa shape index (κ3) is 5.90. The summed E-state index contributed by atoms with van der Waals surface area (Å²) >= 11 is 16.6. The van der Waals surface area contributed by atoms with Crippen molar-refractivity contribution >= 4 is 46.4 Å². The molecular formula is C26H24Cl3FN2O2. The summed E-state index contributed by atoms with van der Waals surface area (Å²) in [5.41, 5.74) is 3.51. The second kappa shape index (κ2) is 12.2. The van der Waals surface area contributed by atoms with Crippen molar-refractivity contribution in [2.75, 3.05) is 13.7 Å². The molecular weight excluding hydrogens is 498 g/mol. The highest BCUT2D eigenvalue weighted by molar-refractivity contribution is 6.54. The lowest BCUT2D eigenvalue weighted by Crippen LogP contribution is -2.28. The average molecular weight is 522 g/mol. The van der Waals surface area contributed by atoms with Crippen LogP contribution in [0.4, 0.5) is 4.39 Å². The molecule has 0 aromatic heterocycles. The molecule has 0 fully saturated rings. The highest BCUT2D eigenvalue weighted by Gasteiger charge is 2.37. The minimum atomic E-state index is -0.544. The molecule has 3 aromatic rings. The minimum Gasteiger partial charge on any atom is -0.493 e. The van der Waals surface area contributed by atoms with Crippen LogP contribution in [0.25, 0.3) is 0 Å². The summed E-state index contributed by atoms with van der Waals surface area (Å²) in [6.45, 7) is 1.90. The van der Waals surface area contributed by atoms with E-state index in [9.17, 15) is 4.39 Å². The number of nitrogens with zero attached hydrogens (tertiary/aromatic N) is 2. The lowest BCUT2D eigenvalue weighted by atomic mass is 9.94. The molecule has 4 rings (SSSR count). The highest BCUT2D eigenvalue weighted by Crippen LogP contribution is 2.44. The number of hydrogen-bond donors (Lipinski definition) is 0. The van der Waals surface area contributed by atoms with E-state index in [1.54, 1.807) is 6.07 Å². The maximum absolute atomic E-state index is 13.4. The summed E-state index contributed by atoms with van der Waals surface area (Å²) in [6, 6.07) is 20.7. The fourth-order valence-electron chi connectivity index (χ4n) is 4.00. The van der Waals surface area contributed by atoms with Crippen LogP contribution in [-0.2, 0) is 11.5 Å². The molecule has 0 radical (unpaired) electrons. The first kappa shape index (κ1) is 26.0. The minimum absolute atomic E-state index is 0.0584. The van der Waals surface area contributed by atoms with Crippen LogP contribution in [0.2, 0.25) is 10.0 Å². The molecule has 1 aliphatic rings. The van der Waals surface area contributed by atoms with Gasteiger partial charge in [-0.2, -0.15) is 0 Å². The SMILES string of the molecule is CCOc1ccc(CF)cc1C1=NC(c2ccc(Cl)cc2)C(c2ccc(Cl)cc2)N1C.O=CCl. The lowest BCUT2D eigenvalue weighted by molar-refractivity contribution is 0.336. The van der Waals surface area contributed by atoms with E-state index in [-0.39, 0.29) is 17.8 Å². The molecule has 1 heterocycles. The average Bonchev–Trinajstić information content (AvgIpc) is 3.18. The Balaban J connectivity index is 0.00000103. The molecule has 0 saturated carbocycles. The van der Waals surface area contributed by atoms with Crippen LogP contribution in [0, 0.1) is 0 Å². The Bertz CT molecular complexity index is 1140. The Hall–Kier alpha value is -2.60. The third-order valence-corrected chi connectivity index (χ3v) is 5.98. The van der Waals surface area contributed by atoms with E-state index >= 15 is 0 Å². The Labute approximate surface area is 213 Å². The van der Waals surface area contributed by atoms with Crippen LogP contribution < -0.4 is 4.74 Å². The van der Waals surface area contributed by atoms with Gasteiger partial charge in [0.25, 0.3) is 0 Å². The number of rotatable bonds is 6. The lowest BCUT2D eigenvalue weighted by Gasteiger charge is -2.28. The van der Waals surface area contributed by atoms with Crippen molar-refractivity contribution in [1.29, 1.82) is 0 Å². The Morgan fingerprint density at radius 2 is 1.56 bits per heavy atom. The quantitative estimate of drug-likeness (QED) is 0.250. The molecule has 3 aromatic carbocycles. The Morgan fingerprint density at radius 1 is 1.00 bits per heavy atom. The predicted octanol–water partition coefficient (Wildman–Crippen LogP) is 7.45. The van der Waals surface area contributed by atoms with Gasteiger partial charge in [0, 0.05) is 17.1 Å². The van der Waals surface area contributed by atoms with E-state index in [0.717, 1.165) is 22.5 Å². The zero-order chi connectivity index (χ0) is 24.7. The van der Waals surface area contributed by atoms with Crippen molar-refractivity contribution in [3.8, 4) is 5.75 Å². The standard InChI is InChI=1S/C25H23Cl2FN2O.CHClO/c1-3-31-22-13-4-16(15-28)14-21(22)25-29-23(17-5-9-19(26)10-6-17)24(30(25)2)18-7-11-20(27)12-8-18;2-1-3/h4-14,23-24H,3,15H2,1-2H3;1H. The molecule has 4 nitrogen and oxygen atoms in total. The maximum atomic E-state index is 13.4. The van der Waals surface area contributed by atoms with Crippen molar-refractivity contribution in [1.82, 2.24) is 4.90 Å². The van der Waals surface area contributed by atoms with Crippen LogP contribution in [0.15, 0.2) is 71.7 Å². The van der Waals surface area contributed by atoms with E-state index in [1.165, 1.54) is 0 Å². The van der Waals surface area contributed by atoms with Gasteiger partial charge in [0.05, 0.1) is 18.2 Å². The van der Waals surface area contributed by atoms with Gasteiger partial charge in [0.1, 0.15) is 24.3 Å². The van der Waals surface area contributed by atoms with Crippen LogP contribution in [0.3, 0.4) is 0 Å². The molecule has 0 N–H and O–H groups in total. The summed E-state index contributed by atoms with van der Waals surface area (Å²) in [5.74, 6) is 1.68. The molecule has 0 spiro atoms. The largest absolute Gasteiger partial charge is 0.493 e. The van der Waals surface area contributed by atoms with Crippen molar-refractivity contribution in [2.24, 2.45) is 4.99 Å². The van der Waals surface area contributed by atoms with Crippen LogP contribution in [0.1, 0.15) is 41.3 Å². The molecule has 34 heavy (non-hydrogen) atoms. The van der Waals surface area contributed by atoms with Gasteiger partial charge >= 0.3 is 0 Å². The number of aliphatic imine (C=N–C) groups is 1. The third-order valence-electron chi connectivity index (χ3n) is 5.47. The summed E-state index contributed by atoms with van der Waals surface area (Å²) < 4.78 is 19.3. The summed E-state index contributed by atoms with van der Waals surface area (Å²) in [4.78, 5) is 15.8. The molecule has 0 aliphatic carbocycles. The summed E-state index contributed by atoms with van der Waals surface area (Å²) in [5, 5.41) is 1.36. The van der Waals surface area contributed by atoms with Gasteiger partial charge in [0.15, 0.2) is 0 Å². The number of ether oxygens (including phenoxy) is 1. The van der Waals surface area contributed by atoms with Crippen LogP contribution >= 0.6 is 34.8 Å². The second-order valence-corrected chi connectivity index (χ2v) is 8.59. The van der Waals surface area contributed by atoms with Gasteiger partial charge < -0.3 is 9.64 Å². The molecule has 8 heteroatoms. The maximum Gasteiger partial charge on any atom is 0.208 e. The topological polar surface area (TPSA) is 41.9 Å². The predicted molar refractivity (Wildman–Crippen MR) is 138 cm³/mol. The van der Waals surface area contributed by atoms with Gasteiger partial charge in [-0.15, -0.1) is 0 Å². The molecule has 0 bridgehead atoms. The molecule has 0 saturated heterocycles. The Kier molecular flexibility index (Phi) is 9.34. The molecule has 178 valence electrons. The number of amidine groups is 1. The second-order valence-electron chi connectivity index (χ2n) is 7.54. The van der Waals surface area contributed by atoms with E-state index in [4.69, 9.17) is 37.7 Å². The van der Waals surface area contributed by atoms with Crippen molar-refractivity contribution in [2.45, 2.75) is 25.7 Å². The zero-order valence-electron chi connectivity index (χ0n) is 18.7. The van der Waals surface area contributed by atoms with E-state index in [0.29, 0.717) is 28.0 Å². The normalized spacial score (nSPS) is 17.0. The first-order valence-corrected chi connectivity index (χ1v) is 11.8. The number of likely N-dealkylation sites (N-methyl/N-ethyl adjacent to an activating group) is 1. The number of halogens is 4. The summed E-state index contributed by atoms with van der Waals surface area (Å²) in [6.07, 6.45) is 0. The number of carbonyl (C=O) groups excluding carboxylic acids is 1. The number of alkyl halides is 1.